The number of hydrogen-bond acceptors (Lipinski definition) is 2. The first-order valence-corrected chi connectivity index (χ1v) is 4.77. The number of nitrogens with one attached hydrogen (secondary N) is 1. The van der Waals surface area contributed by atoms with Crippen molar-refractivity contribution in [3.05, 3.63) is 22.6 Å². The molecule has 0 aliphatic carbocycles. The molecule has 0 saturated carbocycles. The van der Waals surface area contributed by atoms with Gasteiger partial charge in [-0.05, 0) is 23.4 Å². The molecule has 2 heterocycles. The van der Waals surface area contributed by atoms with Crippen LogP contribution in [0.15, 0.2) is 12.1 Å². The zero-order chi connectivity index (χ0) is 9.54. The van der Waals surface area contributed by atoms with Crippen molar-refractivity contribution in [1.82, 2.24) is 0 Å². The molecule has 3 rings (SSSR count). The molecule has 0 bridgehead atoms. The van der Waals surface area contributed by atoms with Gasteiger partial charge in [0.15, 0.2) is 11.5 Å². The molecule has 72 valence electrons. The van der Waals surface area contributed by atoms with E-state index in [0.29, 0.717) is 6.79 Å². The summed E-state index contributed by atoms with van der Waals surface area (Å²) in [7, 11) is 2.14. The van der Waals surface area contributed by atoms with Crippen LogP contribution in [0, 0.1) is 0 Å². The number of quaternary nitrogens is 1. The second-order valence-electron chi connectivity index (χ2n) is 3.73. The maximum atomic E-state index is 5.33. The fourth-order valence-corrected chi connectivity index (χ4v) is 1.87. The van der Waals surface area contributed by atoms with Gasteiger partial charge in [0, 0.05) is 5.22 Å². The molecule has 2 aliphatic rings. The van der Waals surface area contributed by atoms with E-state index < -0.39 is 0 Å². The summed E-state index contributed by atoms with van der Waals surface area (Å²) in [5.41, 5.74) is 0. The van der Waals surface area contributed by atoms with E-state index >= 15 is 0 Å². The van der Waals surface area contributed by atoms with Crippen molar-refractivity contribution in [1.29, 1.82) is 0 Å². The molecule has 0 amide bonds. The Morgan fingerprint density at radius 3 is 2.64 bits per heavy atom. The van der Waals surface area contributed by atoms with Gasteiger partial charge in [0.25, 0.3) is 0 Å². The van der Waals surface area contributed by atoms with Crippen molar-refractivity contribution in [2.75, 3.05) is 20.4 Å². The zero-order valence-corrected chi connectivity index (χ0v) is 8.04. The van der Waals surface area contributed by atoms with Gasteiger partial charge in [-0.1, -0.05) is 0 Å². The molecule has 0 saturated heterocycles. The van der Waals surface area contributed by atoms with Crippen LogP contribution in [-0.4, -0.2) is 20.4 Å². The first-order valence-electron chi connectivity index (χ1n) is 4.77. The molecule has 0 fully saturated rings. The molecular weight excluding hydrogens is 178 g/mol. The SMILES string of the molecule is C[NH+]1C=c2cc3c(cc2=CC1)OCO3. The first-order chi connectivity index (χ1) is 6.83. The molecule has 0 aromatic heterocycles. The van der Waals surface area contributed by atoms with Crippen LogP contribution in [0.5, 0.6) is 11.5 Å². The molecular formula is C11H12NO2+. The van der Waals surface area contributed by atoms with Crippen molar-refractivity contribution < 1.29 is 14.4 Å². The summed E-state index contributed by atoms with van der Waals surface area (Å²) in [5.74, 6) is 1.73. The number of ether oxygens (including phenoxy) is 2. The van der Waals surface area contributed by atoms with E-state index in [9.17, 15) is 0 Å². The summed E-state index contributed by atoms with van der Waals surface area (Å²) < 4.78 is 10.7. The third kappa shape index (κ3) is 1.09. The Morgan fingerprint density at radius 1 is 1.14 bits per heavy atom. The lowest BCUT2D eigenvalue weighted by atomic mass is 10.2. The van der Waals surface area contributed by atoms with E-state index in [1.807, 2.05) is 0 Å². The molecule has 3 nitrogen and oxygen atoms in total. The minimum absolute atomic E-state index is 0.348. The van der Waals surface area contributed by atoms with Crippen LogP contribution >= 0.6 is 0 Å². The van der Waals surface area contributed by atoms with Crippen molar-refractivity contribution >= 4 is 12.3 Å². The van der Waals surface area contributed by atoms with Gasteiger partial charge in [0.2, 0.25) is 6.79 Å². The first kappa shape index (κ1) is 7.88. The Kier molecular flexibility index (Phi) is 1.55. The largest absolute Gasteiger partial charge is 0.454 e. The Bertz CT molecular complexity index is 493. The van der Waals surface area contributed by atoms with E-state index in [-0.39, 0.29) is 0 Å². The Hall–Kier alpha value is -1.48. The highest BCUT2D eigenvalue weighted by Gasteiger charge is 2.14. The van der Waals surface area contributed by atoms with Crippen molar-refractivity contribution in [2.24, 2.45) is 0 Å². The van der Waals surface area contributed by atoms with E-state index in [1.54, 1.807) is 0 Å². The lowest BCUT2D eigenvalue weighted by Gasteiger charge is -2.09. The minimum Gasteiger partial charge on any atom is -0.454 e. The van der Waals surface area contributed by atoms with Crippen LogP contribution in [0.25, 0.3) is 12.3 Å². The number of benzene rings is 1. The third-order valence-electron chi connectivity index (χ3n) is 2.62. The Balaban J connectivity index is 2.29. The van der Waals surface area contributed by atoms with Crippen LogP contribution in [-0.2, 0) is 0 Å². The minimum atomic E-state index is 0.348. The van der Waals surface area contributed by atoms with E-state index in [0.717, 1.165) is 18.0 Å². The van der Waals surface area contributed by atoms with Crippen LogP contribution in [0.4, 0.5) is 0 Å². The van der Waals surface area contributed by atoms with Gasteiger partial charge in [0.1, 0.15) is 12.7 Å². The zero-order valence-electron chi connectivity index (χ0n) is 8.04. The fraction of sp³-hybridized carbons (Fsp3) is 0.273. The van der Waals surface area contributed by atoms with Crippen molar-refractivity contribution in [3.8, 4) is 11.5 Å². The summed E-state index contributed by atoms with van der Waals surface area (Å²) in [5, 5.41) is 2.48. The van der Waals surface area contributed by atoms with Gasteiger partial charge in [-0.3, -0.25) is 0 Å². The van der Waals surface area contributed by atoms with Crippen LogP contribution < -0.4 is 24.8 Å². The van der Waals surface area contributed by atoms with Crippen LogP contribution in [0.2, 0.25) is 0 Å². The average molecular weight is 190 g/mol. The second kappa shape index (κ2) is 2.75. The highest BCUT2D eigenvalue weighted by molar-refractivity contribution is 5.46. The summed E-state index contributed by atoms with van der Waals surface area (Å²) in [6, 6.07) is 4.11. The lowest BCUT2D eigenvalue weighted by Crippen LogP contribution is -3.04. The summed E-state index contributed by atoms with van der Waals surface area (Å²) >= 11 is 0. The Labute approximate surface area is 81.9 Å². The molecule has 0 spiro atoms. The van der Waals surface area contributed by atoms with E-state index in [2.05, 4.69) is 31.5 Å². The number of hydrogen-bond donors (Lipinski definition) is 1. The van der Waals surface area contributed by atoms with Gasteiger partial charge < -0.3 is 14.4 Å². The molecule has 1 aromatic rings. The standard InChI is InChI=1S/C11H11NO2/c1-12-3-2-8-4-10-11(14-7-13-10)5-9(8)6-12/h2,4-6H,3,7H2,1H3/p+1. The maximum Gasteiger partial charge on any atom is 0.231 e. The number of rotatable bonds is 0. The molecule has 14 heavy (non-hydrogen) atoms. The van der Waals surface area contributed by atoms with Crippen molar-refractivity contribution in [3.63, 3.8) is 0 Å². The lowest BCUT2D eigenvalue weighted by molar-refractivity contribution is -0.785. The van der Waals surface area contributed by atoms with Crippen molar-refractivity contribution in [2.45, 2.75) is 0 Å². The molecule has 1 N–H and O–H groups in total. The quantitative estimate of drug-likeness (QED) is 0.536. The topological polar surface area (TPSA) is 22.9 Å². The van der Waals surface area contributed by atoms with Gasteiger partial charge in [-0.25, -0.2) is 0 Å². The number of fused-ring (bicyclic) bond motifs is 2. The highest BCUT2D eigenvalue weighted by atomic mass is 16.7. The molecule has 1 unspecified atom stereocenters. The summed E-state index contributed by atoms with van der Waals surface area (Å²) in [6.45, 7) is 1.38. The summed E-state index contributed by atoms with van der Waals surface area (Å²) in [4.78, 5) is 1.39. The smallest absolute Gasteiger partial charge is 0.231 e. The third-order valence-corrected chi connectivity index (χ3v) is 2.62. The average Bonchev–Trinajstić information content (AvgIpc) is 2.61. The van der Waals surface area contributed by atoms with Gasteiger partial charge in [0.05, 0.1) is 7.05 Å². The van der Waals surface area contributed by atoms with Gasteiger partial charge in [-0.2, -0.15) is 0 Å². The second-order valence-corrected chi connectivity index (χ2v) is 3.73. The molecule has 2 aliphatic heterocycles. The normalized spacial score (nSPS) is 22.2. The predicted molar refractivity (Wildman–Crippen MR) is 52.5 cm³/mol. The van der Waals surface area contributed by atoms with Gasteiger partial charge in [-0.15, -0.1) is 0 Å². The fourth-order valence-electron chi connectivity index (χ4n) is 1.87. The maximum absolute atomic E-state index is 5.33. The summed E-state index contributed by atoms with van der Waals surface area (Å²) in [6.07, 6.45) is 4.43. The van der Waals surface area contributed by atoms with Crippen LogP contribution in [0.1, 0.15) is 0 Å². The van der Waals surface area contributed by atoms with E-state index in [4.69, 9.17) is 9.47 Å². The molecule has 1 atom stereocenters. The van der Waals surface area contributed by atoms with Crippen LogP contribution in [0.3, 0.4) is 0 Å². The molecule has 3 heteroatoms. The predicted octanol–water partition coefficient (Wildman–Crippen LogP) is -1.54. The monoisotopic (exact) mass is 190 g/mol. The Morgan fingerprint density at radius 2 is 1.86 bits per heavy atom. The molecule has 1 aromatic carbocycles. The van der Waals surface area contributed by atoms with Gasteiger partial charge >= 0.3 is 0 Å². The molecule has 0 radical (unpaired) electrons. The highest BCUT2D eigenvalue weighted by Crippen LogP contribution is 2.27. The van der Waals surface area contributed by atoms with E-state index in [1.165, 1.54) is 15.3 Å².